The van der Waals surface area contributed by atoms with Crippen molar-refractivity contribution in [3.05, 3.63) is 59.5 Å². The third-order valence-electron chi connectivity index (χ3n) is 2.84. The van der Waals surface area contributed by atoms with E-state index in [9.17, 15) is 18.3 Å². The van der Waals surface area contributed by atoms with Crippen LogP contribution in [0.25, 0.3) is 0 Å². The topological polar surface area (TPSA) is 33.4 Å². The van der Waals surface area contributed by atoms with Crippen LogP contribution < -0.4 is 0 Å². The summed E-state index contributed by atoms with van der Waals surface area (Å²) in [5, 5.41) is 9.90. The Hall–Kier alpha value is -1.75. The number of aliphatic hydroxyl groups is 1. The van der Waals surface area contributed by atoms with Gasteiger partial charge in [0.1, 0.15) is 5.76 Å². The molecule has 1 unspecified atom stereocenters. The average Bonchev–Trinajstić information content (AvgIpc) is 2.88. The van der Waals surface area contributed by atoms with Crippen molar-refractivity contribution in [2.45, 2.75) is 25.1 Å². The SMILES string of the molecule is OC(CCc1ccco1)c1cccc(C(F)(F)F)c1. The molecule has 2 rings (SSSR count). The Morgan fingerprint density at radius 2 is 1.95 bits per heavy atom. The number of furan rings is 1. The molecule has 102 valence electrons. The number of benzene rings is 1. The van der Waals surface area contributed by atoms with Gasteiger partial charge in [0.15, 0.2) is 0 Å². The van der Waals surface area contributed by atoms with Crippen molar-refractivity contribution in [1.29, 1.82) is 0 Å². The van der Waals surface area contributed by atoms with Crippen molar-refractivity contribution < 1.29 is 22.7 Å². The van der Waals surface area contributed by atoms with E-state index in [4.69, 9.17) is 4.42 Å². The zero-order valence-electron chi connectivity index (χ0n) is 10.0. The van der Waals surface area contributed by atoms with Crippen LogP contribution in [-0.2, 0) is 12.6 Å². The Kier molecular flexibility index (Phi) is 3.95. The van der Waals surface area contributed by atoms with Crippen LogP contribution in [0, 0.1) is 0 Å². The minimum absolute atomic E-state index is 0.265. The van der Waals surface area contributed by atoms with Gasteiger partial charge in [0.05, 0.1) is 17.9 Å². The van der Waals surface area contributed by atoms with E-state index in [1.807, 2.05) is 0 Å². The van der Waals surface area contributed by atoms with Crippen molar-refractivity contribution in [2.75, 3.05) is 0 Å². The molecule has 0 bridgehead atoms. The number of hydrogen-bond acceptors (Lipinski definition) is 2. The highest BCUT2D eigenvalue weighted by Crippen LogP contribution is 2.31. The van der Waals surface area contributed by atoms with E-state index in [1.54, 1.807) is 12.1 Å². The van der Waals surface area contributed by atoms with E-state index < -0.39 is 17.8 Å². The normalized spacial score (nSPS) is 13.5. The maximum absolute atomic E-state index is 12.5. The first-order valence-corrected chi connectivity index (χ1v) is 5.84. The van der Waals surface area contributed by atoms with Gasteiger partial charge in [-0.05, 0) is 36.2 Å². The molecule has 1 N–H and O–H groups in total. The molecule has 0 fully saturated rings. The molecule has 2 aromatic rings. The largest absolute Gasteiger partial charge is 0.469 e. The number of hydrogen-bond donors (Lipinski definition) is 1. The Morgan fingerprint density at radius 3 is 2.58 bits per heavy atom. The zero-order chi connectivity index (χ0) is 13.9. The van der Waals surface area contributed by atoms with Crippen LogP contribution in [0.3, 0.4) is 0 Å². The van der Waals surface area contributed by atoms with Crippen molar-refractivity contribution in [3.63, 3.8) is 0 Å². The van der Waals surface area contributed by atoms with E-state index >= 15 is 0 Å². The third-order valence-corrected chi connectivity index (χ3v) is 2.84. The number of aryl methyl sites for hydroxylation is 1. The Labute approximate surface area is 108 Å². The van der Waals surface area contributed by atoms with E-state index in [-0.39, 0.29) is 5.56 Å². The monoisotopic (exact) mass is 270 g/mol. The van der Waals surface area contributed by atoms with Gasteiger partial charge in [-0.25, -0.2) is 0 Å². The summed E-state index contributed by atoms with van der Waals surface area (Å²) in [7, 11) is 0. The van der Waals surface area contributed by atoms with Gasteiger partial charge in [-0.2, -0.15) is 13.2 Å². The van der Waals surface area contributed by atoms with Crippen LogP contribution in [0.5, 0.6) is 0 Å². The summed E-state index contributed by atoms with van der Waals surface area (Å²) in [4.78, 5) is 0. The lowest BCUT2D eigenvalue weighted by Gasteiger charge is -2.13. The van der Waals surface area contributed by atoms with Crippen LogP contribution in [0.2, 0.25) is 0 Å². The van der Waals surface area contributed by atoms with E-state index in [0.29, 0.717) is 18.6 Å². The Balaban J connectivity index is 2.04. The van der Waals surface area contributed by atoms with Gasteiger partial charge >= 0.3 is 6.18 Å². The van der Waals surface area contributed by atoms with Gasteiger partial charge in [0.2, 0.25) is 0 Å². The molecule has 19 heavy (non-hydrogen) atoms. The quantitative estimate of drug-likeness (QED) is 0.912. The number of alkyl halides is 3. The first-order valence-electron chi connectivity index (χ1n) is 5.84. The standard InChI is InChI=1S/C14H13F3O2/c15-14(16,17)11-4-1-3-10(9-11)13(18)7-6-12-5-2-8-19-12/h1-5,8-9,13,18H,6-7H2. The first-order chi connectivity index (χ1) is 8.97. The molecule has 1 heterocycles. The van der Waals surface area contributed by atoms with Crippen molar-refractivity contribution in [3.8, 4) is 0 Å². The van der Waals surface area contributed by atoms with Gasteiger partial charge < -0.3 is 9.52 Å². The van der Waals surface area contributed by atoms with Gasteiger partial charge in [-0.3, -0.25) is 0 Å². The first kappa shape index (κ1) is 13.7. The molecular weight excluding hydrogens is 257 g/mol. The Bertz CT molecular complexity index is 518. The van der Waals surface area contributed by atoms with Gasteiger partial charge in [0, 0.05) is 6.42 Å². The second kappa shape index (κ2) is 5.48. The van der Waals surface area contributed by atoms with Crippen molar-refractivity contribution in [2.24, 2.45) is 0 Å². The maximum atomic E-state index is 12.5. The molecule has 5 heteroatoms. The molecule has 2 nitrogen and oxygen atoms in total. The lowest BCUT2D eigenvalue weighted by atomic mass is 10.0. The highest BCUT2D eigenvalue weighted by Gasteiger charge is 2.30. The molecule has 0 spiro atoms. The van der Waals surface area contributed by atoms with E-state index in [2.05, 4.69) is 0 Å². The lowest BCUT2D eigenvalue weighted by molar-refractivity contribution is -0.137. The summed E-state index contributed by atoms with van der Waals surface area (Å²) in [5.41, 5.74) is -0.483. The summed E-state index contributed by atoms with van der Waals surface area (Å²) >= 11 is 0. The predicted octanol–water partition coefficient (Wildman–Crippen LogP) is 3.96. The zero-order valence-corrected chi connectivity index (χ0v) is 10.0. The molecule has 0 saturated carbocycles. The summed E-state index contributed by atoms with van der Waals surface area (Å²) in [6.07, 6.45) is -3.02. The Morgan fingerprint density at radius 1 is 1.16 bits per heavy atom. The fourth-order valence-corrected chi connectivity index (χ4v) is 1.82. The minimum Gasteiger partial charge on any atom is -0.469 e. The van der Waals surface area contributed by atoms with Gasteiger partial charge in [-0.1, -0.05) is 12.1 Å². The minimum atomic E-state index is -4.39. The second-order valence-corrected chi connectivity index (χ2v) is 4.26. The maximum Gasteiger partial charge on any atom is 0.416 e. The van der Waals surface area contributed by atoms with Crippen LogP contribution in [-0.4, -0.2) is 5.11 Å². The number of rotatable bonds is 4. The highest BCUT2D eigenvalue weighted by molar-refractivity contribution is 5.27. The summed E-state index contributed by atoms with van der Waals surface area (Å²) < 4.78 is 42.7. The van der Waals surface area contributed by atoms with Gasteiger partial charge in [0.25, 0.3) is 0 Å². The molecule has 0 aliphatic heterocycles. The molecule has 0 radical (unpaired) electrons. The molecule has 1 aromatic heterocycles. The lowest BCUT2D eigenvalue weighted by Crippen LogP contribution is -2.07. The van der Waals surface area contributed by atoms with E-state index in [0.717, 1.165) is 12.1 Å². The van der Waals surface area contributed by atoms with Crippen LogP contribution >= 0.6 is 0 Å². The molecular formula is C14H13F3O2. The van der Waals surface area contributed by atoms with Crippen molar-refractivity contribution in [1.82, 2.24) is 0 Å². The second-order valence-electron chi connectivity index (χ2n) is 4.26. The summed E-state index contributed by atoms with van der Waals surface area (Å²) in [6, 6.07) is 8.25. The molecule has 0 saturated heterocycles. The van der Waals surface area contributed by atoms with E-state index in [1.165, 1.54) is 18.4 Å². The summed E-state index contributed by atoms with van der Waals surface area (Å²) in [6.45, 7) is 0. The average molecular weight is 270 g/mol. The third kappa shape index (κ3) is 3.61. The van der Waals surface area contributed by atoms with Crippen molar-refractivity contribution >= 4 is 0 Å². The number of halogens is 3. The predicted molar refractivity (Wildman–Crippen MR) is 63.4 cm³/mol. The summed E-state index contributed by atoms with van der Waals surface area (Å²) in [5.74, 6) is 0.700. The fraction of sp³-hybridized carbons (Fsp3) is 0.286. The van der Waals surface area contributed by atoms with Gasteiger partial charge in [-0.15, -0.1) is 0 Å². The molecule has 1 atom stereocenters. The number of aliphatic hydroxyl groups excluding tert-OH is 1. The molecule has 0 amide bonds. The van der Waals surface area contributed by atoms with Crippen LogP contribution in [0.4, 0.5) is 13.2 Å². The molecule has 1 aromatic carbocycles. The molecule has 0 aliphatic carbocycles. The molecule has 0 aliphatic rings. The van der Waals surface area contributed by atoms with Crippen LogP contribution in [0.1, 0.15) is 29.4 Å². The highest BCUT2D eigenvalue weighted by atomic mass is 19.4. The smallest absolute Gasteiger partial charge is 0.416 e. The van der Waals surface area contributed by atoms with Crippen LogP contribution in [0.15, 0.2) is 47.1 Å². The fourth-order valence-electron chi connectivity index (χ4n) is 1.82.